The second kappa shape index (κ2) is 5.83. The van der Waals surface area contributed by atoms with Crippen molar-refractivity contribution in [3.8, 4) is 0 Å². The molecule has 0 radical (unpaired) electrons. The normalized spacial score (nSPS) is 14.6. The summed E-state index contributed by atoms with van der Waals surface area (Å²) in [6.45, 7) is 4.87. The monoisotopic (exact) mass is 309 g/mol. The first-order valence-corrected chi connectivity index (χ1v) is 7.91. The molecule has 3 aromatic heterocycles. The van der Waals surface area contributed by atoms with Crippen molar-refractivity contribution in [1.29, 1.82) is 0 Å². The van der Waals surface area contributed by atoms with Gasteiger partial charge in [0.1, 0.15) is 18.0 Å². The molecule has 4 rings (SSSR count). The predicted molar refractivity (Wildman–Crippen MR) is 88.5 cm³/mol. The summed E-state index contributed by atoms with van der Waals surface area (Å²) in [5.41, 5.74) is 2.12. The molecule has 0 amide bonds. The molecule has 118 valence electrons. The highest BCUT2D eigenvalue weighted by molar-refractivity contribution is 5.47. The first-order chi connectivity index (χ1) is 11.3. The van der Waals surface area contributed by atoms with Gasteiger partial charge in [-0.1, -0.05) is 0 Å². The molecular weight excluding hydrogens is 290 g/mol. The van der Waals surface area contributed by atoms with Gasteiger partial charge >= 0.3 is 0 Å². The Bertz CT molecular complexity index is 820. The third kappa shape index (κ3) is 2.81. The molecule has 1 aliphatic heterocycles. The Morgan fingerprint density at radius 1 is 1.17 bits per heavy atom. The number of fused-ring (bicyclic) bond motifs is 1. The minimum Gasteiger partial charge on any atom is -0.366 e. The van der Waals surface area contributed by atoms with Gasteiger partial charge in [-0.15, -0.1) is 0 Å². The van der Waals surface area contributed by atoms with Crippen LogP contribution in [-0.2, 0) is 6.54 Å². The van der Waals surface area contributed by atoms with Gasteiger partial charge in [-0.25, -0.2) is 9.97 Å². The van der Waals surface area contributed by atoms with Gasteiger partial charge in [0.2, 0.25) is 0 Å². The third-order valence-corrected chi connectivity index (χ3v) is 4.09. The van der Waals surface area contributed by atoms with Gasteiger partial charge in [-0.3, -0.25) is 0 Å². The van der Waals surface area contributed by atoms with Crippen LogP contribution in [0.5, 0.6) is 0 Å². The number of hydrogen-bond donors (Lipinski definition) is 1. The van der Waals surface area contributed by atoms with E-state index in [2.05, 4.69) is 36.3 Å². The number of aromatic nitrogens is 5. The maximum Gasteiger partial charge on any atom is 0.254 e. The molecule has 1 fully saturated rings. The van der Waals surface area contributed by atoms with Gasteiger partial charge in [-0.2, -0.15) is 14.6 Å². The first kappa shape index (κ1) is 13.9. The summed E-state index contributed by atoms with van der Waals surface area (Å²) < 4.78 is 1.72. The zero-order chi connectivity index (χ0) is 15.6. The highest BCUT2D eigenvalue weighted by Gasteiger charge is 2.13. The summed E-state index contributed by atoms with van der Waals surface area (Å²) in [6, 6.07) is 6.17. The largest absolute Gasteiger partial charge is 0.366 e. The summed E-state index contributed by atoms with van der Waals surface area (Å²) in [5, 5.41) is 7.64. The Hall–Kier alpha value is -2.70. The fourth-order valence-electron chi connectivity index (χ4n) is 2.94. The van der Waals surface area contributed by atoms with Crippen molar-refractivity contribution >= 4 is 17.4 Å². The van der Waals surface area contributed by atoms with Crippen LogP contribution in [0, 0.1) is 6.92 Å². The SMILES string of the molecule is Cc1cc(NCc2ccnc(N3CCCC3)c2)n2ncnc2n1. The standard InChI is InChI=1S/C16H19N7/c1-12-8-15(23-16(21-12)19-11-20-23)18-10-13-4-5-17-14(9-13)22-6-2-3-7-22/h4-5,8-9,11,18H,2-3,6-7,10H2,1H3. The summed E-state index contributed by atoms with van der Waals surface area (Å²) in [4.78, 5) is 15.3. The van der Waals surface area contributed by atoms with Crippen LogP contribution in [0.1, 0.15) is 24.1 Å². The fraction of sp³-hybridized carbons (Fsp3) is 0.375. The van der Waals surface area contributed by atoms with E-state index >= 15 is 0 Å². The van der Waals surface area contributed by atoms with E-state index in [0.29, 0.717) is 12.3 Å². The lowest BCUT2D eigenvalue weighted by molar-refractivity contribution is 0.910. The Balaban J connectivity index is 1.54. The van der Waals surface area contributed by atoms with E-state index in [9.17, 15) is 0 Å². The fourth-order valence-corrected chi connectivity index (χ4v) is 2.94. The van der Waals surface area contributed by atoms with Crippen molar-refractivity contribution in [1.82, 2.24) is 24.6 Å². The molecule has 1 N–H and O–H groups in total. The van der Waals surface area contributed by atoms with E-state index in [1.807, 2.05) is 25.3 Å². The lowest BCUT2D eigenvalue weighted by atomic mass is 10.2. The molecule has 7 nitrogen and oxygen atoms in total. The number of nitrogens with one attached hydrogen (secondary N) is 1. The van der Waals surface area contributed by atoms with Gasteiger partial charge in [0.15, 0.2) is 0 Å². The second-order valence-corrected chi connectivity index (χ2v) is 5.82. The van der Waals surface area contributed by atoms with Crippen molar-refractivity contribution < 1.29 is 0 Å². The molecule has 0 unspecified atom stereocenters. The molecule has 0 saturated carbocycles. The Kier molecular flexibility index (Phi) is 3.53. The van der Waals surface area contributed by atoms with Crippen LogP contribution in [0.15, 0.2) is 30.7 Å². The van der Waals surface area contributed by atoms with Gasteiger partial charge in [0.05, 0.1) is 0 Å². The van der Waals surface area contributed by atoms with Crippen molar-refractivity contribution in [2.75, 3.05) is 23.3 Å². The van der Waals surface area contributed by atoms with Gasteiger partial charge < -0.3 is 10.2 Å². The number of hydrogen-bond acceptors (Lipinski definition) is 6. The number of nitrogens with zero attached hydrogens (tertiary/aromatic N) is 6. The maximum absolute atomic E-state index is 4.49. The first-order valence-electron chi connectivity index (χ1n) is 7.91. The highest BCUT2D eigenvalue weighted by atomic mass is 15.3. The number of pyridine rings is 1. The van der Waals surface area contributed by atoms with Crippen LogP contribution >= 0.6 is 0 Å². The van der Waals surface area contributed by atoms with E-state index < -0.39 is 0 Å². The summed E-state index contributed by atoms with van der Waals surface area (Å²) in [5.74, 6) is 2.57. The molecule has 0 atom stereocenters. The molecule has 0 aromatic carbocycles. The van der Waals surface area contributed by atoms with Crippen LogP contribution in [-0.4, -0.2) is 37.7 Å². The van der Waals surface area contributed by atoms with Gasteiger partial charge in [0, 0.05) is 37.6 Å². The lowest BCUT2D eigenvalue weighted by Crippen LogP contribution is -2.19. The topological polar surface area (TPSA) is 71.2 Å². The van der Waals surface area contributed by atoms with Crippen molar-refractivity contribution in [3.05, 3.63) is 42.0 Å². The van der Waals surface area contributed by atoms with Crippen LogP contribution in [0.3, 0.4) is 0 Å². The van der Waals surface area contributed by atoms with Gasteiger partial charge in [-0.05, 0) is 37.5 Å². The molecule has 3 aromatic rings. The number of rotatable bonds is 4. The van der Waals surface area contributed by atoms with Crippen LogP contribution in [0.4, 0.5) is 11.6 Å². The van der Waals surface area contributed by atoms with E-state index in [-0.39, 0.29) is 0 Å². The van der Waals surface area contributed by atoms with E-state index in [1.165, 1.54) is 24.7 Å². The quantitative estimate of drug-likeness (QED) is 0.795. The summed E-state index contributed by atoms with van der Waals surface area (Å²) in [7, 11) is 0. The van der Waals surface area contributed by atoms with Crippen LogP contribution < -0.4 is 10.2 Å². The van der Waals surface area contributed by atoms with Crippen molar-refractivity contribution in [2.45, 2.75) is 26.3 Å². The highest BCUT2D eigenvalue weighted by Crippen LogP contribution is 2.19. The Labute approximate surface area is 134 Å². The average Bonchev–Trinajstić information content (AvgIpc) is 3.24. The number of anilines is 2. The zero-order valence-corrected chi connectivity index (χ0v) is 13.1. The molecule has 4 heterocycles. The molecule has 1 aliphatic rings. The second-order valence-electron chi connectivity index (χ2n) is 5.82. The average molecular weight is 309 g/mol. The summed E-state index contributed by atoms with van der Waals surface area (Å²) >= 11 is 0. The Morgan fingerprint density at radius 3 is 2.91 bits per heavy atom. The molecule has 23 heavy (non-hydrogen) atoms. The lowest BCUT2D eigenvalue weighted by Gasteiger charge is -2.17. The van der Waals surface area contributed by atoms with E-state index in [1.54, 1.807) is 4.52 Å². The van der Waals surface area contributed by atoms with E-state index in [4.69, 9.17) is 0 Å². The number of aryl methyl sites for hydroxylation is 1. The third-order valence-electron chi connectivity index (χ3n) is 4.09. The molecule has 0 bridgehead atoms. The zero-order valence-electron chi connectivity index (χ0n) is 13.1. The van der Waals surface area contributed by atoms with Crippen LogP contribution in [0.2, 0.25) is 0 Å². The molecule has 7 heteroatoms. The minimum atomic E-state index is 0.611. The van der Waals surface area contributed by atoms with Crippen molar-refractivity contribution in [2.24, 2.45) is 0 Å². The maximum atomic E-state index is 4.49. The smallest absolute Gasteiger partial charge is 0.254 e. The Morgan fingerprint density at radius 2 is 2.04 bits per heavy atom. The summed E-state index contributed by atoms with van der Waals surface area (Å²) in [6.07, 6.45) is 5.91. The van der Waals surface area contributed by atoms with Crippen molar-refractivity contribution in [3.63, 3.8) is 0 Å². The molecular formula is C16H19N7. The predicted octanol–water partition coefficient (Wildman–Crippen LogP) is 2.04. The molecule has 1 saturated heterocycles. The van der Waals surface area contributed by atoms with Gasteiger partial charge in [0.25, 0.3) is 5.78 Å². The minimum absolute atomic E-state index is 0.611. The molecule has 0 spiro atoms. The molecule has 0 aliphatic carbocycles. The van der Waals surface area contributed by atoms with Crippen LogP contribution in [0.25, 0.3) is 5.78 Å². The van der Waals surface area contributed by atoms with E-state index in [0.717, 1.165) is 30.4 Å².